The van der Waals surface area contributed by atoms with Crippen LogP contribution in [0.2, 0.25) is 0 Å². The first-order valence-corrected chi connectivity index (χ1v) is 10.8. The van der Waals surface area contributed by atoms with E-state index in [-0.39, 0.29) is 18.3 Å². The van der Waals surface area contributed by atoms with E-state index in [9.17, 15) is 23.6 Å². The normalized spacial score (nSPS) is 23.6. The molecule has 152 valence electrons. The van der Waals surface area contributed by atoms with Gasteiger partial charge in [-0.2, -0.15) is 4.98 Å². The van der Waals surface area contributed by atoms with Crippen molar-refractivity contribution < 1.29 is 42.4 Å². The fourth-order valence-corrected chi connectivity index (χ4v) is 5.00. The molecule has 1 fully saturated rings. The maximum atomic E-state index is 12.1. The van der Waals surface area contributed by atoms with Gasteiger partial charge in [0.1, 0.15) is 5.82 Å². The molecule has 27 heavy (non-hydrogen) atoms. The molecule has 0 bridgehead atoms. The molecule has 0 amide bonds. The maximum absolute atomic E-state index is 12.1. The molecule has 1 aromatic rings. The van der Waals surface area contributed by atoms with Crippen LogP contribution in [0.5, 0.6) is 0 Å². The number of nitrogens with zero attached hydrogens (tertiary/aromatic N) is 2. The molecular formula is C12H19N3O10P2. The van der Waals surface area contributed by atoms with Crippen molar-refractivity contribution in [3.63, 3.8) is 0 Å². The van der Waals surface area contributed by atoms with Crippen LogP contribution in [-0.2, 0) is 27.7 Å². The molecule has 1 aliphatic rings. The van der Waals surface area contributed by atoms with Crippen molar-refractivity contribution in [3.8, 4) is 0 Å². The number of rotatable bonds is 7. The van der Waals surface area contributed by atoms with Gasteiger partial charge in [-0.25, -0.2) is 18.5 Å². The van der Waals surface area contributed by atoms with Crippen molar-refractivity contribution in [1.82, 2.24) is 9.55 Å². The summed E-state index contributed by atoms with van der Waals surface area (Å²) < 4.78 is 37.8. The predicted molar refractivity (Wildman–Crippen MR) is 89.4 cm³/mol. The van der Waals surface area contributed by atoms with Gasteiger partial charge >= 0.3 is 27.1 Å². The third-order valence-electron chi connectivity index (χ3n) is 3.85. The first kappa shape index (κ1) is 21.7. The second-order valence-electron chi connectivity index (χ2n) is 5.78. The molecule has 0 aromatic carbocycles. The summed E-state index contributed by atoms with van der Waals surface area (Å²) in [6, 6.07) is 1.07. The highest BCUT2D eigenvalue weighted by Crippen LogP contribution is 2.60. The average Bonchev–Trinajstić information content (AvgIpc) is 2.97. The summed E-state index contributed by atoms with van der Waals surface area (Å²) in [7, 11) is -9.68. The van der Waals surface area contributed by atoms with Crippen LogP contribution in [0.1, 0.15) is 25.3 Å². The van der Waals surface area contributed by atoms with Crippen LogP contribution in [-0.4, -0.2) is 49.3 Å². The molecule has 13 nitrogen and oxygen atoms in total. The minimum absolute atomic E-state index is 0.0589. The fraction of sp³-hybridized carbons (Fsp3) is 0.583. The van der Waals surface area contributed by atoms with Crippen LogP contribution >= 0.6 is 15.4 Å². The second kappa shape index (κ2) is 8.19. The van der Waals surface area contributed by atoms with Gasteiger partial charge < -0.3 is 29.9 Å². The predicted octanol–water partition coefficient (Wildman–Crippen LogP) is -0.271. The van der Waals surface area contributed by atoms with Crippen LogP contribution in [0.25, 0.3) is 0 Å². The monoisotopic (exact) mass is 427 g/mol. The fourth-order valence-electron chi connectivity index (χ4n) is 2.74. The average molecular weight is 427 g/mol. The van der Waals surface area contributed by atoms with Gasteiger partial charge in [0.05, 0.1) is 13.2 Å². The number of ether oxygens (including phenoxy) is 2. The summed E-state index contributed by atoms with van der Waals surface area (Å²) >= 11 is 0. The smallest absolute Gasteiger partial charge is 0.467 e. The Bertz CT molecular complexity index is 852. The van der Waals surface area contributed by atoms with E-state index in [0.29, 0.717) is 12.8 Å². The van der Waals surface area contributed by atoms with Crippen molar-refractivity contribution in [3.05, 3.63) is 22.7 Å². The van der Waals surface area contributed by atoms with Gasteiger partial charge in [-0.15, -0.1) is 0 Å². The van der Waals surface area contributed by atoms with Crippen LogP contribution in [0, 0.1) is 0 Å². The van der Waals surface area contributed by atoms with E-state index in [1.165, 1.54) is 16.8 Å². The third-order valence-corrected chi connectivity index (χ3v) is 6.56. The number of nitrogens with two attached hydrogens (primary N) is 1. The number of methoxy groups -OCH3 is 1. The van der Waals surface area contributed by atoms with Gasteiger partial charge in [0.25, 0.3) is 5.85 Å². The highest BCUT2D eigenvalue weighted by atomic mass is 31.3. The molecule has 1 aliphatic carbocycles. The zero-order chi connectivity index (χ0) is 20.4. The molecule has 1 heterocycles. The molecule has 0 aliphatic heterocycles. The number of carbonyl (C=O) groups is 1. The molecule has 4 atom stereocenters. The van der Waals surface area contributed by atoms with Crippen LogP contribution in [0.3, 0.4) is 0 Å². The highest BCUT2D eigenvalue weighted by molar-refractivity contribution is 7.64. The number of carbonyl (C=O) groups excluding carboxylic acids is 1. The van der Waals surface area contributed by atoms with Crippen molar-refractivity contribution in [2.45, 2.75) is 37.3 Å². The Labute approximate surface area is 152 Å². The second-order valence-corrected chi connectivity index (χ2v) is 9.01. The Morgan fingerprint density at radius 2 is 2.04 bits per heavy atom. The number of esters is 1. The van der Waals surface area contributed by atoms with Crippen molar-refractivity contribution in [1.29, 1.82) is 0 Å². The van der Waals surface area contributed by atoms with Gasteiger partial charge in [0.2, 0.25) is 0 Å². The molecule has 1 saturated carbocycles. The lowest BCUT2D eigenvalue weighted by atomic mass is 10.2. The summed E-state index contributed by atoms with van der Waals surface area (Å²) in [5, 5.41) is 0. The summed E-state index contributed by atoms with van der Waals surface area (Å²) in [4.78, 5) is 54.6. The van der Waals surface area contributed by atoms with E-state index in [4.69, 9.17) is 20.3 Å². The van der Waals surface area contributed by atoms with E-state index in [1.807, 2.05) is 0 Å². The van der Waals surface area contributed by atoms with Gasteiger partial charge in [0, 0.05) is 12.2 Å². The zero-order valence-corrected chi connectivity index (χ0v) is 15.9. The molecule has 1 aromatic heterocycles. The molecular weight excluding hydrogens is 408 g/mol. The molecule has 2 unspecified atom stereocenters. The van der Waals surface area contributed by atoms with Gasteiger partial charge in [0.15, 0.2) is 0 Å². The summed E-state index contributed by atoms with van der Waals surface area (Å²) in [5.41, 5.74) is 4.85. The number of hydrogen-bond acceptors (Lipinski definition) is 9. The van der Waals surface area contributed by atoms with Gasteiger partial charge in [-0.3, -0.25) is 9.13 Å². The number of anilines is 1. The molecule has 15 heteroatoms. The first-order chi connectivity index (χ1) is 12.4. The van der Waals surface area contributed by atoms with Gasteiger partial charge in [-0.1, -0.05) is 0 Å². The minimum Gasteiger partial charge on any atom is -0.467 e. The quantitative estimate of drug-likeness (QED) is 0.328. The topological polar surface area (TPSA) is 200 Å². The molecule has 0 radical (unpaired) electrons. The Kier molecular flexibility index (Phi) is 6.59. The van der Waals surface area contributed by atoms with Gasteiger partial charge in [-0.05, 0) is 25.3 Å². The molecule has 5 N–H and O–H groups in total. The summed E-state index contributed by atoms with van der Waals surface area (Å²) in [6.07, 6.45) is 1.58. The number of aromatic nitrogens is 2. The van der Waals surface area contributed by atoms with Crippen LogP contribution in [0.15, 0.2) is 17.1 Å². The zero-order valence-electron chi connectivity index (χ0n) is 14.1. The van der Waals surface area contributed by atoms with E-state index in [1.54, 1.807) is 0 Å². The van der Waals surface area contributed by atoms with E-state index >= 15 is 0 Å². The lowest BCUT2D eigenvalue weighted by molar-refractivity contribution is -0.152. The Hall–Kier alpha value is -1.59. The largest absolute Gasteiger partial charge is 0.476 e. The number of phosphoric acid groups is 1. The lowest BCUT2D eigenvalue weighted by Crippen LogP contribution is -2.31. The Balaban J connectivity index is 2.15. The first-order valence-electron chi connectivity index (χ1n) is 7.60. The molecule has 0 spiro atoms. The van der Waals surface area contributed by atoms with Crippen LogP contribution < -0.4 is 11.4 Å². The highest BCUT2D eigenvalue weighted by Gasteiger charge is 2.47. The summed E-state index contributed by atoms with van der Waals surface area (Å²) in [5.74, 6) is -3.52. The van der Waals surface area contributed by atoms with E-state index in [2.05, 4.69) is 14.0 Å². The van der Waals surface area contributed by atoms with Crippen molar-refractivity contribution in [2.24, 2.45) is 0 Å². The van der Waals surface area contributed by atoms with Crippen LogP contribution in [0.4, 0.5) is 5.82 Å². The third kappa shape index (κ3) is 5.69. The molecule has 2 rings (SSSR count). The Morgan fingerprint density at radius 3 is 2.59 bits per heavy atom. The lowest BCUT2D eigenvalue weighted by Gasteiger charge is -2.24. The maximum Gasteiger partial charge on any atom is 0.476 e. The SMILES string of the molecule is COC(=O)C(O[C@@H]1CC[C@H](n2ccc(N)nc2=O)C1)P(=O)(O)OP(=O)(O)O. The molecule has 0 saturated heterocycles. The van der Waals surface area contributed by atoms with Crippen molar-refractivity contribution >= 4 is 27.2 Å². The number of nitrogen functional groups attached to an aromatic ring is 1. The van der Waals surface area contributed by atoms with Crippen molar-refractivity contribution in [2.75, 3.05) is 12.8 Å². The minimum atomic E-state index is -5.37. The number of hydrogen-bond donors (Lipinski definition) is 4. The standard InChI is InChI=1S/C12H19N3O10P2/c1-23-10(16)11(26(18,19)25-27(20,21)22)24-8-3-2-7(6-8)15-5-4-9(13)14-12(15)17/h4-5,7-8,11H,2-3,6H2,1H3,(H,18,19)(H2,13,14,17)(H2,20,21,22)/t7-,8+,11?/m0/s1. The van der Waals surface area contributed by atoms with E-state index in [0.717, 1.165) is 7.11 Å². The Morgan fingerprint density at radius 1 is 1.37 bits per heavy atom. The summed E-state index contributed by atoms with van der Waals surface area (Å²) in [6.45, 7) is 0. The van der Waals surface area contributed by atoms with E-state index < -0.39 is 39.0 Å².